The summed E-state index contributed by atoms with van der Waals surface area (Å²) in [6, 6.07) is 12.1. The van der Waals surface area contributed by atoms with Gasteiger partial charge in [-0.2, -0.15) is 0 Å². The van der Waals surface area contributed by atoms with Crippen LogP contribution < -0.4 is 0 Å². The van der Waals surface area contributed by atoms with Crippen LogP contribution in [0.15, 0.2) is 36.4 Å². The Morgan fingerprint density at radius 3 is 2.50 bits per heavy atom. The van der Waals surface area contributed by atoms with Crippen LogP contribution in [-0.2, 0) is 0 Å². The Bertz CT molecular complexity index is 567. The lowest BCUT2D eigenvalue weighted by atomic mass is 10.1. The molecule has 1 aromatic heterocycles. The summed E-state index contributed by atoms with van der Waals surface area (Å²) in [5.74, 6) is 7.07. The molecule has 0 aliphatic heterocycles. The number of rotatable bonds is 2. The molecule has 0 saturated heterocycles. The van der Waals surface area contributed by atoms with Gasteiger partial charge in [0.05, 0.1) is 4.88 Å². The van der Waals surface area contributed by atoms with Crippen molar-refractivity contribution in [2.75, 3.05) is 0 Å². The molecule has 0 aliphatic rings. The Labute approximate surface area is 118 Å². The van der Waals surface area contributed by atoms with E-state index in [9.17, 15) is 0 Å². The highest BCUT2D eigenvalue weighted by molar-refractivity contribution is 7.16. The summed E-state index contributed by atoms with van der Waals surface area (Å²) >= 11 is 7.61. The molecule has 92 valence electrons. The first-order valence-corrected chi connectivity index (χ1v) is 7.19. The van der Waals surface area contributed by atoms with E-state index in [-0.39, 0.29) is 0 Å². The second-order valence-electron chi connectivity index (χ2n) is 4.57. The first kappa shape index (κ1) is 13.2. The number of thiophene rings is 1. The normalized spacial score (nSPS) is 10.2. The summed E-state index contributed by atoms with van der Waals surface area (Å²) in [7, 11) is 0. The minimum atomic E-state index is 0.633. The zero-order valence-corrected chi connectivity index (χ0v) is 12.1. The van der Waals surface area contributed by atoms with E-state index < -0.39 is 0 Å². The SMILES string of the molecule is CC(C)CC#Cc1ccc(-c2ccc(Cl)cc2)s1. The van der Waals surface area contributed by atoms with Gasteiger partial charge >= 0.3 is 0 Å². The summed E-state index contributed by atoms with van der Waals surface area (Å²) < 4.78 is 0. The molecule has 0 aliphatic carbocycles. The summed E-state index contributed by atoms with van der Waals surface area (Å²) in [5.41, 5.74) is 1.20. The van der Waals surface area contributed by atoms with Crippen molar-refractivity contribution in [3.63, 3.8) is 0 Å². The van der Waals surface area contributed by atoms with E-state index in [0.29, 0.717) is 5.92 Å². The third-order valence-corrected chi connectivity index (χ3v) is 3.76. The maximum absolute atomic E-state index is 5.88. The quantitative estimate of drug-likeness (QED) is 0.637. The van der Waals surface area contributed by atoms with Crippen molar-refractivity contribution in [1.29, 1.82) is 0 Å². The van der Waals surface area contributed by atoms with Crippen LogP contribution in [0.3, 0.4) is 0 Å². The Balaban J connectivity index is 2.14. The van der Waals surface area contributed by atoms with Crippen molar-refractivity contribution in [3.05, 3.63) is 46.3 Å². The Morgan fingerprint density at radius 2 is 1.83 bits per heavy atom. The minimum absolute atomic E-state index is 0.633. The van der Waals surface area contributed by atoms with Gasteiger partial charge in [0.25, 0.3) is 0 Å². The largest absolute Gasteiger partial charge is 0.127 e. The van der Waals surface area contributed by atoms with E-state index >= 15 is 0 Å². The predicted molar refractivity (Wildman–Crippen MR) is 81.1 cm³/mol. The molecule has 1 heterocycles. The van der Waals surface area contributed by atoms with Gasteiger partial charge in [0.2, 0.25) is 0 Å². The molecule has 0 fully saturated rings. The van der Waals surface area contributed by atoms with Crippen LogP contribution in [0.5, 0.6) is 0 Å². The van der Waals surface area contributed by atoms with E-state index in [1.54, 1.807) is 11.3 Å². The van der Waals surface area contributed by atoms with Gasteiger partial charge in [-0.05, 0) is 35.7 Å². The molecule has 18 heavy (non-hydrogen) atoms. The number of hydrogen-bond acceptors (Lipinski definition) is 1. The fraction of sp³-hybridized carbons (Fsp3) is 0.250. The van der Waals surface area contributed by atoms with Crippen LogP contribution in [0.2, 0.25) is 5.02 Å². The van der Waals surface area contributed by atoms with Crippen LogP contribution in [0.4, 0.5) is 0 Å². The van der Waals surface area contributed by atoms with Gasteiger partial charge in [-0.1, -0.05) is 49.4 Å². The molecule has 2 rings (SSSR count). The fourth-order valence-corrected chi connectivity index (χ4v) is 2.53. The van der Waals surface area contributed by atoms with Gasteiger partial charge < -0.3 is 0 Å². The molecule has 0 amide bonds. The monoisotopic (exact) mass is 274 g/mol. The highest BCUT2D eigenvalue weighted by atomic mass is 35.5. The van der Waals surface area contributed by atoms with Crippen LogP contribution in [-0.4, -0.2) is 0 Å². The van der Waals surface area contributed by atoms with E-state index in [4.69, 9.17) is 11.6 Å². The maximum atomic E-state index is 5.88. The van der Waals surface area contributed by atoms with Crippen molar-refractivity contribution in [3.8, 4) is 22.3 Å². The van der Waals surface area contributed by atoms with Gasteiger partial charge in [0.1, 0.15) is 0 Å². The lowest BCUT2D eigenvalue weighted by Crippen LogP contribution is -1.81. The number of halogens is 1. The Morgan fingerprint density at radius 1 is 1.11 bits per heavy atom. The summed E-state index contributed by atoms with van der Waals surface area (Å²) in [4.78, 5) is 2.36. The van der Waals surface area contributed by atoms with Gasteiger partial charge in [-0.15, -0.1) is 11.3 Å². The van der Waals surface area contributed by atoms with Crippen LogP contribution in [0.25, 0.3) is 10.4 Å². The van der Waals surface area contributed by atoms with Crippen molar-refractivity contribution in [2.45, 2.75) is 20.3 Å². The molecule has 0 spiro atoms. The molecule has 1 aromatic carbocycles. The lowest BCUT2D eigenvalue weighted by molar-refractivity contribution is 0.676. The first-order valence-electron chi connectivity index (χ1n) is 6.00. The van der Waals surface area contributed by atoms with Crippen molar-refractivity contribution >= 4 is 22.9 Å². The average Bonchev–Trinajstić information content (AvgIpc) is 2.78. The van der Waals surface area contributed by atoms with Crippen molar-refractivity contribution < 1.29 is 0 Å². The van der Waals surface area contributed by atoms with E-state index in [0.717, 1.165) is 16.3 Å². The summed E-state index contributed by atoms with van der Waals surface area (Å²) in [5, 5.41) is 0.771. The van der Waals surface area contributed by atoms with Gasteiger partial charge in [-0.25, -0.2) is 0 Å². The minimum Gasteiger partial charge on any atom is -0.127 e. The zero-order valence-electron chi connectivity index (χ0n) is 10.5. The molecule has 0 N–H and O–H groups in total. The van der Waals surface area contributed by atoms with Crippen LogP contribution in [0, 0.1) is 17.8 Å². The molecular formula is C16H15ClS. The molecule has 2 heteroatoms. The second-order valence-corrected chi connectivity index (χ2v) is 6.09. The highest BCUT2D eigenvalue weighted by Crippen LogP contribution is 2.28. The molecule has 0 radical (unpaired) electrons. The Kier molecular flexibility index (Phi) is 4.47. The molecule has 0 atom stereocenters. The smallest absolute Gasteiger partial charge is 0.0775 e. The standard InChI is InChI=1S/C16H15ClS/c1-12(2)4-3-5-15-10-11-16(18-15)13-6-8-14(17)9-7-13/h6-12H,4H2,1-2H3. The molecule has 2 aromatic rings. The average molecular weight is 275 g/mol. The van der Waals surface area contributed by atoms with E-state index in [2.05, 4.69) is 37.8 Å². The third-order valence-electron chi connectivity index (χ3n) is 2.46. The van der Waals surface area contributed by atoms with E-state index in [1.807, 2.05) is 24.3 Å². The molecule has 0 bridgehead atoms. The van der Waals surface area contributed by atoms with Crippen molar-refractivity contribution in [1.82, 2.24) is 0 Å². The summed E-state index contributed by atoms with van der Waals surface area (Å²) in [6.07, 6.45) is 0.953. The highest BCUT2D eigenvalue weighted by Gasteiger charge is 2.01. The molecule has 0 unspecified atom stereocenters. The van der Waals surface area contributed by atoms with Gasteiger partial charge in [0.15, 0.2) is 0 Å². The fourth-order valence-electron chi connectivity index (χ4n) is 1.52. The van der Waals surface area contributed by atoms with Crippen LogP contribution in [0.1, 0.15) is 25.1 Å². The maximum Gasteiger partial charge on any atom is 0.0775 e. The molecular weight excluding hydrogens is 260 g/mol. The molecule has 0 nitrogen and oxygen atoms in total. The zero-order chi connectivity index (χ0) is 13.0. The first-order chi connectivity index (χ1) is 8.65. The second kappa shape index (κ2) is 6.09. The third kappa shape index (κ3) is 3.63. The lowest BCUT2D eigenvalue weighted by Gasteiger charge is -1.96. The summed E-state index contributed by atoms with van der Waals surface area (Å²) in [6.45, 7) is 4.37. The van der Waals surface area contributed by atoms with E-state index in [1.165, 1.54) is 10.4 Å². The number of benzene rings is 1. The predicted octanol–water partition coefficient (Wildman–Crippen LogP) is 5.47. The molecule has 0 saturated carbocycles. The topological polar surface area (TPSA) is 0 Å². The number of hydrogen-bond donors (Lipinski definition) is 0. The van der Waals surface area contributed by atoms with Crippen molar-refractivity contribution in [2.24, 2.45) is 5.92 Å². The van der Waals surface area contributed by atoms with Gasteiger partial charge in [0, 0.05) is 16.3 Å². The van der Waals surface area contributed by atoms with Gasteiger partial charge in [-0.3, -0.25) is 0 Å². The Hall–Kier alpha value is -1.23. The van der Waals surface area contributed by atoms with Crippen LogP contribution >= 0.6 is 22.9 Å².